The third kappa shape index (κ3) is 7.30. The summed E-state index contributed by atoms with van der Waals surface area (Å²) in [6, 6.07) is 6.35. The van der Waals surface area contributed by atoms with Crippen molar-refractivity contribution in [2.24, 2.45) is 17.8 Å². The van der Waals surface area contributed by atoms with Crippen molar-refractivity contribution in [2.45, 2.75) is 109 Å². The quantitative estimate of drug-likeness (QED) is 0.275. The van der Waals surface area contributed by atoms with Crippen LogP contribution in [0.25, 0.3) is 5.57 Å². The Kier molecular flexibility index (Phi) is 10.9. The van der Waals surface area contributed by atoms with Gasteiger partial charge in [0.2, 0.25) is 5.82 Å². The molecule has 2 fully saturated rings. The van der Waals surface area contributed by atoms with Crippen molar-refractivity contribution in [3.05, 3.63) is 70.3 Å². The topological polar surface area (TPSA) is 38.7 Å². The zero-order valence-corrected chi connectivity index (χ0v) is 25.5. The number of aliphatic hydroxyl groups is 1. The molecule has 0 aromatic heterocycles. The van der Waals surface area contributed by atoms with E-state index in [1.54, 1.807) is 26.0 Å². The minimum Gasteiger partial charge on any atom is -0.491 e. The first-order valence-corrected chi connectivity index (χ1v) is 16.4. The van der Waals surface area contributed by atoms with Crippen molar-refractivity contribution in [3.63, 3.8) is 0 Å². The smallest absolute Gasteiger partial charge is 0.201 e. The van der Waals surface area contributed by atoms with Gasteiger partial charge in [0.25, 0.3) is 0 Å². The Morgan fingerprint density at radius 3 is 2.19 bits per heavy atom. The van der Waals surface area contributed by atoms with Gasteiger partial charge in [-0.25, -0.2) is 13.2 Å². The summed E-state index contributed by atoms with van der Waals surface area (Å²) in [6.45, 7) is 4.54. The monoisotopic (exact) mass is 602 g/mol. The Labute approximate surface area is 253 Å². The predicted octanol–water partition coefficient (Wildman–Crippen LogP) is 9.82. The summed E-state index contributed by atoms with van der Waals surface area (Å²) in [5.41, 5.74) is 1.71. The van der Waals surface area contributed by atoms with Crippen LogP contribution in [0.1, 0.15) is 120 Å². The zero-order valence-electron chi connectivity index (χ0n) is 25.5. The van der Waals surface area contributed by atoms with Gasteiger partial charge in [0.15, 0.2) is 23.2 Å². The van der Waals surface area contributed by atoms with Crippen LogP contribution >= 0.6 is 0 Å². The highest BCUT2D eigenvalue weighted by Gasteiger charge is 2.32. The van der Waals surface area contributed by atoms with Crippen molar-refractivity contribution >= 4 is 5.57 Å². The third-order valence-corrected chi connectivity index (χ3v) is 10.3. The first-order valence-electron chi connectivity index (χ1n) is 16.4. The molecule has 3 aliphatic rings. The molecule has 0 spiro atoms. The van der Waals surface area contributed by atoms with E-state index in [2.05, 4.69) is 6.08 Å². The van der Waals surface area contributed by atoms with Crippen LogP contribution in [0.2, 0.25) is 0 Å². The second-order valence-corrected chi connectivity index (χ2v) is 12.8. The summed E-state index contributed by atoms with van der Waals surface area (Å²) in [4.78, 5) is 0. The molecule has 0 aliphatic heterocycles. The minimum absolute atomic E-state index is 0.0207. The summed E-state index contributed by atoms with van der Waals surface area (Å²) >= 11 is 0. The number of hydrogen-bond donors (Lipinski definition) is 1. The van der Waals surface area contributed by atoms with Gasteiger partial charge in [-0.05, 0) is 131 Å². The van der Waals surface area contributed by atoms with Gasteiger partial charge in [-0.1, -0.05) is 25.1 Å². The summed E-state index contributed by atoms with van der Waals surface area (Å²) in [5.74, 6) is -1.70. The van der Waals surface area contributed by atoms with E-state index in [4.69, 9.17) is 9.47 Å². The molecule has 2 unspecified atom stereocenters. The molecule has 2 aromatic carbocycles. The van der Waals surface area contributed by atoms with Gasteiger partial charge < -0.3 is 14.6 Å². The first kappa shape index (κ1) is 32.0. The number of ether oxygens (including phenoxy) is 2. The van der Waals surface area contributed by atoms with E-state index >= 15 is 0 Å². The molecule has 7 heteroatoms. The maximum Gasteiger partial charge on any atom is 0.201 e. The summed E-state index contributed by atoms with van der Waals surface area (Å²) in [6.07, 6.45) is 12.2. The molecule has 236 valence electrons. The Balaban J connectivity index is 1.04. The van der Waals surface area contributed by atoms with Crippen LogP contribution in [-0.2, 0) is 4.74 Å². The Hall–Kier alpha value is -2.38. The maximum atomic E-state index is 14.8. The normalized spacial score (nSPS) is 27.0. The van der Waals surface area contributed by atoms with Crippen molar-refractivity contribution in [1.82, 2.24) is 0 Å². The fraction of sp³-hybridized carbons (Fsp3) is 0.611. The Bertz CT molecular complexity index is 1260. The average molecular weight is 603 g/mol. The van der Waals surface area contributed by atoms with E-state index in [9.17, 15) is 22.7 Å². The second-order valence-electron chi connectivity index (χ2n) is 12.8. The average Bonchev–Trinajstić information content (AvgIpc) is 3.04. The zero-order chi connectivity index (χ0) is 30.5. The SMILES string of the molecule is CCOc1ccc(C2=CCC(C3CCC(COC4CCC(c5ccc(C(O)CC)c(F)c5F)CC4)CC3)CC2)c(F)c1F. The van der Waals surface area contributed by atoms with E-state index in [1.807, 2.05) is 0 Å². The van der Waals surface area contributed by atoms with Crippen molar-refractivity contribution in [1.29, 1.82) is 0 Å². The fourth-order valence-corrected chi connectivity index (χ4v) is 7.58. The van der Waals surface area contributed by atoms with Gasteiger partial charge in [-0.2, -0.15) is 4.39 Å². The number of aliphatic hydroxyl groups excluding tert-OH is 1. The second kappa shape index (κ2) is 14.6. The molecule has 1 N–H and O–H groups in total. The van der Waals surface area contributed by atoms with Gasteiger partial charge in [-0.15, -0.1) is 0 Å². The lowest BCUT2D eigenvalue weighted by atomic mass is 9.71. The standard InChI is InChI=1S/C36H46F4O3/c1-3-31(41)30-18-17-28(33(37)35(30)39)26-13-15-27(16-14-26)43-21-22-5-7-23(8-6-22)24-9-11-25(12-10-24)29-19-20-32(42-4-2)36(40)34(29)38/h11,17-20,22-24,26-27,31,41H,3-10,12-16,21H2,1-2H3. The molecule has 2 saturated carbocycles. The molecular weight excluding hydrogens is 556 g/mol. The van der Waals surface area contributed by atoms with Gasteiger partial charge in [-0.3, -0.25) is 0 Å². The van der Waals surface area contributed by atoms with Crippen LogP contribution in [0.15, 0.2) is 30.3 Å². The third-order valence-electron chi connectivity index (χ3n) is 10.3. The van der Waals surface area contributed by atoms with Gasteiger partial charge in [0.05, 0.1) is 18.8 Å². The van der Waals surface area contributed by atoms with Gasteiger partial charge in [0, 0.05) is 17.7 Å². The van der Waals surface area contributed by atoms with E-state index in [0.29, 0.717) is 41.9 Å². The summed E-state index contributed by atoms with van der Waals surface area (Å²) in [5, 5.41) is 9.95. The molecule has 3 nitrogen and oxygen atoms in total. The highest BCUT2D eigenvalue weighted by Crippen LogP contribution is 2.43. The van der Waals surface area contributed by atoms with E-state index in [-0.39, 0.29) is 23.3 Å². The lowest BCUT2D eigenvalue weighted by molar-refractivity contribution is -0.00689. The molecule has 0 saturated heterocycles. The van der Waals surface area contributed by atoms with E-state index in [1.165, 1.54) is 25.0 Å². The molecule has 5 rings (SSSR count). The van der Waals surface area contributed by atoms with E-state index < -0.39 is 29.4 Å². The largest absolute Gasteiger partial charge is 0.491 e. The molecule has 0 amide bonds. The lowest BCUT2D eigenvalue weighted by Crippen LogP contribution is -2.28. The van der Waals surface area contributed by atoms with Crippen LogP contribution < -0.4 is 4.74 Å². The highest BCUT2D eigenvalue weighted by molar-refractivity contribution is 5.67. The maximum absolute atomic E-state index is 14.8. The van der Waals surface area contributed by atoms with Crippen LogP contribution in [0.5, 0.6) is 5.75 Å². The number of rotatable bonds is 10. The summed E-state index contributed by atoms with van der Waals surface area (Å²) in [7, 11) is 0. The number of hydrogen-bond acceptors (Lipinski definition) is 3. The molecule has 2 atom stereocenters. The van der Waals surface area contributed by atoms with E-state index in [0.717, 1.165) is 70.0 Å². The minimum atomic E-state index is -0.983. The highest BCUT2D eigenvalue weighted by atomic mass is 19.2. The molecule has 0 heterocycles. The summed E-state index contributed by atoms with van der Waals surface area (Å²) < 4.78 is 70.0. The molecule has 0 radical (unpaired) electrons. The Morgan fingerprint density at radius 2 is 1.53 bits per heavy atom. The van der Waals surface area contributed by atoms with Crippen LogP contribution in [-0.4, -0.2) is 24.4 Å². The molecule has 3 aliphatic carbocycles. The number of allylic oxidation sites excluding steroid dienone is 2. The van der Waals surface area contributed by atoms with Crippen molar-refractivity contribution < 1.29 is 32.1 Å². The van der Waals surface area contributed by atoms with Gasteiger partial charge in [0.1, 0.15) is 0 Å². The predicted molar refractivity (Wildman–Crippen MR) is 161 cm³/mol. The molecule has 43 heavy (non-hydrogen) atoms. The number of benzene rings is 2. The van der Waals surface area contributed by atoms with Crippen molar-refractivity contribution in [2.75, 3.05) is 13.2 Å². The lowest BCUT2D eigenvalue weighted by Gasteiger charge is -2.36. The van der Waals surface area contributed by atoms with Crippen LogP contribution in [0, 0.1) is 41.0 Å². The molecular formula is C36H46F4O3. The van der Waals surface area contributed by atoms with Crippen LogP contribution in [0.4, 0.5) is 17.6 Å². The molecule has 2 aromatic rings. The fourth-order valence-electron chi connectivity index (χ4n) is 7.58. The number of halogens is 4. The van der Waals surface area contributed by atoms with Crippen LogP contribution in [0.3, 0.4) is 0 Å². The Morgan fingerprint density at radius 1 is 0.791 bits per heavy atom. The molecule has 0 bridgehead atoms. The first-order chi connectivity index (χ1) is 20.8. The van der Waals surface area contributed by atoms with Gasteiger partial charge >= 0.3 is 0 Å². The van der Waals surface area contributed by atoms with Crippen molar-refractivity contribution in [3.8, 4) is 5.75 Å².